The molecule has 0 saturated heterocycles. The second kappa shape index (κ2) is 13.0. The fraction of sp³-hybridized carbons (Fsp3) is 0.0169. The predicted molar refractivity (Wildman–Crippen MR) is 251 cm³/mol. The van der Waals surface area contributed by atoms with E-state index in [9.17, 15) is 0 Å². The van der Waals surface area contributed by atoms with Crippen LogP contribution in [-0.4, -0.2) is 0 Å². The summed E-state index contributed by atoms with van der Waals surface area (Å²) in [5, 5.41) is 2.36. The second-order valence-corrected chi connectivity index (χ2v) is 16.3. The molecule has 61 heavy (non-hydrogen) atoms. The van der Waals surface area contributed by atoms with E-state index < -0.39 is 5.41 Å². The number of anilines is 3. The molecule has 0 bridgehead atoms. The maximum absolute atomic E-state index is 6.60. The van der Waals surface area contributed by atoms with Crippen LogP contribution in [0.25, 0.3) is 66.4 Å². The van der Waals surface area contributed by atoms with Crippen molar-refractivity contribution in [3.05, 3.63) is 247 Å². The van der Waals surface area contributed by atoms with Crippen molar-refractivity contribution in [3.8, 4) is 67.1 Å². The first-order valence-electron chi connectivity index (χ1n) is 21.1. The zero-order chi connectivity index (χ0) is 40.1. The highest BCUT2D eigenvalue weighted by molar-refractivity contribution is 6.09. The van der Waals surface area contributed by atoms with E-state index in [1.807, 2.05) is 6.07 Å². The van der Waals surface area contributed by atoms with E-state index in [1.54, 1.807) is 0 Å². The molecule has 2 heteroatoms. The van der Waals surface area contributed by atoms with Crippen LogP contribution < -0.4 is 9.64 Å². The van der Waals surface area contributed by atoms with Crippen LogP contribution in [-0.2, 0) is 5.41 Å². The highest BCUT2D eigenvalue weighted by Crippen LogP contribution is 2.64. The highest BCUT2D eigenvalue weighted by atomic mass is 16.5. The van der Waals surface area contributed by atoms with Crippen LogP contribution in [0.15, 0.2) is 224 Å². The van der Waals surface area contributed by atoms with Crippen molar-refractivity contribution in [2.24, 2.45) is 0 Å². The minimum absolute atomic E-state index is 0.440. The summed E-state index contributed by atoms with van der Waals surface area (Å²) in [7, 11) is 0. The molecular formula is C59H37NO. The van der Waals surface area contributed by atoms with Crippen molar-refractivity contribution < 1.29 is 4.74 Å². The monoisotopic (exact) mass is 775 g/mol. The van der Waals surface area contributed by atoms with Gasteiger partial charge >= 0.3 is 0 Å². The third kappa shape index (κ3) is 4.79. The number of hydrogen-bond donors (Lipinski definition) is 0. The Morgan fingerprint density at radius 2 is 0.869 bits per heavy atom. The largest absolute Gasteiger partial charge is 0.456 e. The van der Waals surface area contributed by atoms with E-state index in [-0.39, 0.29) is 0 Å². The molecule has 0 amide bonds. The minimum atomic E-state index is -0.440. The summed E-state index contributed by atoms with van der Waals surface area (Å²) in [6.45, 7) is 0. The summed E-state index contributed by atoms with van der Waals surface area (Å²) in [5.74, 6) is 1.74. The summed E-state index contributed by atoms with van der Waals surface area (Å²) in [4.78, 5) is 2.48. The molecule has 10 aromatic carbocycles. The Bertz CT molecular complexity index is 3350. The van der Waals surface area contributed by atoms with E-state index in [0.29, 0.717) is 0 Å². The van der Waals surface area contributed by atoms with Crippen molar-refractivity contribution >= 4 is 27.8 Å². The molecule has 0 unspecified atom stereocenters. The molecule has 1 spiro atoms. The van der Waals surface area contributed by atoms with Crippen LogP contribution in [0.2, 0.25) is 0 Å². The Morgan fingerprint density at radius 3 is 1.59 bits per heavy atom. The number of benzene rings is 10. The number of rotatable bonds is 4. The molecular weight excluding hydrogens is 739 g/mol. The van der Waals surface area contributed by atoms with Crippen molar-refractivity contribution in [1.82, 2.24) is 0 Å². The molecule has 2 nitrogen and oxygen atoms in total. The standard InChI is InChI=1S/C59H37NO/c1-2-15-38(16-3-1)39-29-32-41(33-30-39)60(42-34-36-43-40(37-42)31-35-47-46-19-7-12-27-55(46)61-56-28-13-8-21-49(56)57(43)47)54-26-14-25-53-58(54)48-20-6-11-24-52(48)59(53)50-22-9-4-17-44(50)45-18-5-10-23-51(45)59/h1-37H. The van der Waals surface area contributed by atoms with Crippen molar-refractivity contribution in [2.45, 2.75) is 5.41 Å². The van der Waals surface area contributed by atoms with Gasteiger partial charge in [-0.05, 0) is 109 Å². The van der Waals surface area contributed by atoms with Gasteiger partial charge in [-0.3, -0.25) is 0 Å². The van der Waals surface area contributed by atoms with Gasteiger partial charge in [-0.2, -0.15) is 0 Å². The molecule has 0 atom stereocenters. The van der Waals surface area contributed by atoms with Gasteiger partial charge in [0.25, 0.3) is 0 Å². The number of ether oxygens (including phenoxy) is 1. The van der Waals surface area contributed by atoms with E-state index in [2.05, 4.69) is 223 Å². The number of fused-ring (bicyclic) bond motifs is 17. The first kappa shape index (κ1) is 34.0. The lowest BCUT2D eigenvalue weighted by Gasteiger charge is -2.32. The summed E-state index contributed by atoms with van der Waals surface area (Å²) in [6.07, 6.45) is 0. The lowest BCUT2D eigenvalue weighted by Crippen LogP contribution is -2.26. The molecule has 3 aliphatic rings. The molecule has 0 radical (unpaired) electrons. The summed E-state index contributed by atoms with van der Waals surface area (Å²) >= 11 is 0. The average molecular weight is 776 g/mol. The van der Waals surface area contributed by atoms with Crippen LogP contribution in [0.1, 0.15) is 22.3 Å². The molecule has 284 valence electrons. The Kier molecular flexibility index (Phi) is 7.26. The van der Waals surface area contributed by atoms with E-state index in [0.717, 1.165) is 39.7 Å². The van der Waals surface area contributed by atoms with Crippen molar-refractivity contribution in [3.63, 3.8) is 0 Å². The predicted octanol–water partition coefficient (Wildman–Crippen LogP) is 15.8. The lowest BCUT2D eigenvalue weighted by atomic mass is 9.70. The molecule has 1 heterocycles. The third-order valence-electron chi connectivity index (χ3n) is 13.3. The molecule has 0 N–H and O–H groups in total. The van der Waals surface area contributed by atoms with Gasteiger partial charge in [-0.25, -0.2) is 0 Å². The van der Waals surface area contributed by atoms with E-state index in [4.69, 9.17) is 4.74 Å². The van der Waals surface area contributed by atoms with Crippen LogP contribution in [0, 0.1) is 0 Å². The van der Waals surface area contributed by atoms with Gasteiger partial charge in [0.2, 0.25) is 0 Å². The zero-order valence-electron chi connectivity index (χ0n) is 33.2. The fourth-order valence-corrected chi connectivity index (χ4v) is 10.8. The summed E-state index contributed by atoms with van der Waals surface area (Å²) < 4.78 is 6.60. The van der Waals surface area contributed by atoms with E-state index >= 15 is 0 Å². The SMILES string of the molecule is c1ccc(-c2ccc(N(c3ccc4c5c(ccc4c3)-c3ccccc3Oc3ccccc3-5)c3cccc4c3-c3ccccc3C43c4ccccc4-c4ccccc43)cc2)cc1. The quantitative estimate of drug-likeness (QED) is 0.177. The molecule has 13 rings (SSSR count). The lowest BCUT2D eigenvalue weighted by molar-refractivity contribution is 0.488. The molecule has 10 aromatic rings. The van der Waals surface area contributed by atoms with Gasteiger partial charge < -0.3 is 9.64 Å². The zero-order valence-corrected chi connectivity index (χ0v) is 33.2. The fourth-order valence-electron chi connectivity index (χ4n) is 10.8. The molecule has 1 aliphatic heterocycles. The Morgan fingerprint density at radius 1 is 0.328 bits per heavy atom. The van der Waals surface area contributed by atoms with Gasteiger partial charge in [-0.1, -0.05) is 182 Å². The molecule has 0 saturated carbocycles. The van der Waals surface area contributed by atoms with Gasteiger partial charge in [-0.15, -0.1) is 0 Å². The van der Waals surface area contributed by atoms with Crippen molar-refractivity contribution in [2.75, 3.05) is 4.90 Å². The molecule has 0 fully saturated rings. The average Bonchev–Trinajstić information content (AvgIpc) is 3.74. The maximum atomic E-state index is 6.60. The number of para-hydroxylation sites is 2. The first-order chi connectivity index (χ1) is 30.3. The van der Waals surface area contributed by atoms with Crippen LogP contribution in [0.5, 0.6) is 11.5 Å². The van der Waals surface area contributed by atoms with Crippen LogP contribution >= 0.6 is 0 Å². The maximum Gasteiger partial charge on any atom is 0.135 e. The van der Waals surface area contributed by atoms with Gasteiger partial charge in [0.1, 0.15) is 11.5 Å². The van der Waals surface area contributed by atoms with Crippen molar-refractivity contribution in [1.29, 1.82) is 0 Å². The second-order valence-electron chi connectivity index (χ2n) is 16.3. The topological polar surface area (TPSA) is 12.5 Å². The smallest absolute Gasteiger partial charge is 0.135 e. The van der Waals surface area contributed by atoms with Gasteiger partial charge in [0, 0.05) is 33.6 Å². The third-order valence-corrected chi connectivity index (χ3v) is 13.3. The first-order valence-corrected chi connectivity index (χ1v) is 21.1. The number of nitrogens with zero attached hydrogens (tertiary/aromatic N) is 1. The van der Waals surface area contributed by atoms with Crippen LogP contribution in [0.3, 0.4) is 0 Å². The van der Waals surface area contributed by atoms with E-state index in [1.165, 1.54) is 77.5 Å². The van der Waals surface area contributed by atoms with Crippen LogP contribution in [0.4, 0.5) is 17.1 Å². The molecule has 0 aromatic heterocycles. The number of hydrogen-bond acceptors (Lipinski definition) is 2. The normalized spacial score (nSPS) is 13.2. The Labute approximate surface area is 355 Å². The highest BCUT2D eigenvalue weighted by Gasteiger charge is 2.52. The molecule has 2 aliphatic carbocycles. The summed E-state index contributed by atoms with van der Waals surface area (Å²) in [5.41, 5.74) is 20.3. The van der Waals surface area contributed by atoms with Gasteiger partial charge in [0.15, 0.2) is 0 Å². The van der Waals surface area contributed by atoms with Gasteiger partial charge in [0.05, 0.1) is 11.1 Å². The Balaban J connectivity index is 1.07. The minimum Gasteiger partial charge on any atom is -0.456 e. The summed E-state index contributed by atoms with van der Waals surface area (Å²) in [6, 6.07) is 82.2. The Hall–Kier alpha value is -7.94.